The molecule has 0 unspecified atom stereocenters. The van der Waals surface area contributed by atoms with Crippen LogP contribution < -0.4 is 10.6 Å². The Balaban J connectivity index is 1.66. The Kier molecular flexibility index (Phi) is 5.12. The maximum Gasteiger partial charge on any atom is 0.170 e. The van der Waals surface area contributed by atoms with Gasteiger partial charge in [-0.25, -0.2) is 0 Å². The van der Waals surface area contributed by atoms with Gasteiger partial charge in [0.05, 0.1) is 5.69 Å². The fourth-order valence-corrected chi connectivity index (χ4v) is 2.06. The first-order chi connectivity index (χ1) is 9.63. The fourth-order valence-electron chi connectivity index (χ4n) is 1.84. The van der Waals surface area contributed by atoms with Crippen molar-refractivity contribution in [2.24, 2.45) is 0 Å². The molecule has 4 nitrogen and oxygen atoms in total. The van der Waals surface area contributed by atoms with E-state index < -0.39 is 0 Å². The van der Waals surface area contributed by atoms with E-state index in [9.17, 15) is 0 Å². The summed E-state index contributed by atoms with van der Waals surface area (Å²) in [5, 5.41) is 11.4. The van der Waals surface area contributed by atoms with Crippen LogP contribution >= 0.6 is 12.2 Å². The molecule has 2 aromatic rings. The number of rotatable bonds is 5. The maximum absolute atomic E-state index is 5.26. The molecule has 0 aliphatic heterocycles. The van der Waals surface area contributed by atoms with E-state index in [1.807, 2.05) is 36.0 Å². The SMILES string of the molecule is Cc1ccc(NC(=S)NCCCn2ccc(C)n2)cc1. The first-order valence-corrected chi connectivity index (χ1v) is 7.16. The van der Waals surface area contributed by atoms with Gasteiger partial charge in [0.25, 0.3) is 0 Å². The van der Waals surface area contributed by atoms with Crippen LogP contribution in [0.2, 0.25) is 0 Å². The first kappa shape index (κ1) is 14.5. The number of anilines is 1. The minimum atomic E-state index is 0.658. The van der Waals surface area contributed by atoms with Crippen LogP contribution in [0.25, 0.3) is 0 Å². The molecule has 0 bridgehead atoms. The summed E-state index contributed by atoms with van der Waals surface area (Å²) in [6, 6.07) is 10.2. The summed E-state index contributed by atoms with van der Waals surface area (Å²) < 4.78 is 1.95. The topological polar surface area (TPSA) is 41.9 Å². The van der Waals surface area contributed by atoms with Crippen molar-refractivity contribution in [1.29, 1.82) is 0 Å². The van der Waals surface area contributed by atoms with Crippen LogP contribution in [-0.4, -0.2) is 21.4 Å². The zero-order valence-corrected chi connectivity index (χ0v) is 12.7. The quantitative estimate of drug-likeness (QED) is 0.656. The van der Waals surface area contributed by atoms with Crippen molar-refractivity contribution in [3.8, 4) is 0 Å². The summed E-state index contributed by atoms with van der Waals surface area (Å²) in [5.74, 6) is 0. The zero-order valence-electron chi connectivity index (χ0n) is 11.9. The van der Waals surface area contributed by atoms with Gasteiger partial charge in [-0.05, 0) is 50.7 Å². The first-order valence-electron chi connectivity index (χ1n) is 6.75. The van der Waals surface area contributed by atoms with Crippen LogP contribution in [-0.2, 0) is 6.54 Å². The molecule has 5 heteroatoms. The average molecular weight is 288 g/mol. The number of hydrogen-bond acceptors (Lipinski definition) is 2. The second-order valence-corrected chi connectivity index (χ2v) is 5.23. The molecule has 0 saturated heterocycles. The number of aromatic nitrogens is 2. The number of aryl methyl sites for hydroxylation is 3. The lowest BCUT2D eigenvalue weighted by Gasteiger charge is -2.10. The largest absolute Gasteiger partial charge is 0.362 e. The van der Waals surface area contributed by atoms with Gasteiger partial charge in [-0.3, -0.25) is 4.68 Å². The minimum Gasteiger partial charge on any atom is -0.362 e. The molecule has 0 radical (unpaired) electrons. The van der Waals surface area contributed by atoms with Gasteiger partial charge >= 0.3 is 0 Å². The minimum absolute atomic E-state index is 0.658. The van der Waals surface area contributed by atoms with E-state index >= 15 is 0 Å². The highest BCUT2D eigenvalue weighted by Gasteiger charge is 1.98. The van der Waals surface area contributed by atoms with Crippen LogP contribution in [0.4, 0.5) is 5.69 Å². The van der Waals surface area contributed by atoms with Crippen molar-refractivity contribution in [3.63, 3.8) is 0 Å². The van der Waals surface area contributed by atoms with E-state index in [0.29, 0.717) is 5.11 Å². The Hall–Kier alpha value is -1.88. The van der Waals surface area contributed by atoms with Gasteiger partial charge in [-0.15, -0.1) is 0 Å². The Morgan fingerprint density at radius 3 is 2.60 bits per heavy atom. The summed E-state index contributed by atoms with van der Waals surface area (Å²) in [6.45, 7) is 5.79. The second-order valence-electron chi connectivity index (χ2n) is 4.82. The number of thiocarbonyl (C=S) groups is 1. The standard InChI is InChI=1S/C15H20N4S/c1-12-4-6-14(7-5-12)17-15(20)16-9-3-10-19-11-8-13(2)18-19/h4-8,11H,3,9-10H2,1-2H3,(H2,16,17,20). The molecule has 106 valence electrons. The molecule has 0 amide bonds. The fraction of sp³-hybridized carbons (Fsp3) is 0.333. The summed E-state index contributed by atoms with van der Waals surface area (Å²) in [4.78, 5) is 0. The van der Waals surface area contributed by atoms with Crippen LogP contribution in [0.5, 0.6) is 0 Å². The van der Waals surface area contributed by atoms with Crippen LogP contribution in [0, 0.1) is 13.8 Å². The molecule has 1 aromatic heterocycles. The van der Waals surface area contributed by atoms with Crippen molar-refractivity contribution >= 4 is 23.0 Å². The normalized spacial score (nSPS) is 10.3. The summed E-state index contributed by atoms with van der Waals surface area (Å²) in [5.41, 5.74) is 3.30. The van der Waals surface area contributed by atoms with Gasteiger partial charge in [0.15, 0.2) is 5.11 Å². The van der Waals surface area contributed by atoms with Crippen molar-refractivity contribution in [2.75, 3.05) is 11.9 Å². The lowest BCUT2D eigenvalue weighted by Crippen LogP contribution is -2.29. The van der Waals surface area contributed by atoms with Gasteiger partial charge in [0, 0.05) is 25.0 Å². The zero-order chi connectivity index (χ0) is 14.4. The van der Waals surface area contributed by atoms with E-state index in [4.69, 9.17) is 12.2 Å². The molecule has 20 heavy (non-hydrogen) atoms. The molecule has 0 saturated carbocycles. The van der Waals surface area contributed by atoms with E-state index in [-0.39, 0.29) is 0 Å². The average Bonchev–Trinajstić information content (AvgIpc) is 2.83. The predicted octanol–water partition coefficient (Wildman–Crippen LogP) is 2.88. The molecule has 2 rings (SSSR count). The highest BCUT2D eigenvalue weighted by Crippen LogP contribution is 2.08. The van der Waals surface area contributed by atoms with Crippen molar-refractivity contribution in [2.45, 2.75) is 26.8 Å². The molecule has 1 aromatic carbocycles. The third kappa shape index (κ3) is 4.66. The van der Waals surface area contributed by atoms with E-state index in [1.165, 1.54) is 5.56 Å². The van der Waals surface area contributed by atoms with Crippen LogP contribution in [0.1, 0.15) is 17.7 Å². The lowest BCUT2D eigenvalue weighted by molar-refractivity contribution is 0.570. The van der Waals surface area contributed by atoms with Crippen LogP contribution in [0.3, 0.4) is 0 Å². The molecule has 2 N–H and O–H groups in total. The van der Waals surface area contributed by atoms with Crippen molar-refractivity contribution in [1.82, 2.24) is 15.1 Å². The monoisotopic (exact) mass is 288 g/mol. The number of benzene rings is 1. The lowest BCUT2D eigenvalue weighted by atomic mass is 10.2. The summed E-state index contributed by atoms with van der Waals surface area (Å²) in [7, 11) is 0. The smallest absolute Gasteiger partial charge is 0.170 e. The molecular formula is C15H20N4S. The maximum atomic E-state index is 5.26. The van der Waals surface area contributed by atoms with Gasteiger partial charge in [-0.1, -0.05) is 17.7 Å². The molecule has 0 atom stereocenters. The molecule has 0 aliphatic rings. The number of nitrogens with one attached hydrogen (secondary N) is 2. The van der Waals surface area contributed by atoms with Gasteiger partial charge < -0.3 is 10.6 Å². The van der Waals surface area contributed by atoms with Gasteiger partial charge in [-0.2, -0.15) is 5.10 Å². The van der Waals surface area contributed by atoms with Gasteiger partial charge in [0.2, 0.25) is 0 Å². The Morgan fingerprint density at radius 2 is 1.95 bits per heavy atom. The summed E-state index contributed by atoms with van der Waals surface area (Å²) >= 11 is 5.26. The van der Waals surface area contributed by atoms with Crippen molar-refractivity contribution < 1.29 is 0 Å². The van der Waals surface area contributed by atoms with E-state index in [0.717, 1.165) is 30.9 Å². The number of nitrogens with zero attached hydrogens (tertiary/aromatic N) is 2. The second kappa shape index (κ2) is 7.05. The molecule has 0 spiro atoms. The van der Waals surface area contributed by atoms with Crippen LogP contribution in [0.15, 0.2) is 36.5 Å². The molecule has 0 fully saturated rings. The van der Waals surface area contributed by atoms with Gasteiger partial charge in [0.1, 0.15) is 0 Å². The number of hydrogen-bond donors (Lipinski definition) is 2. The van der Waals surface area contributed by atoms with E-state index in [1.54, 1.807) is 0 Å². The Bertz CT molecular complexity index is 560. The highest BCUT2D eigenvalue weighted by molar-refractivity contribution is 7.80. The van der Waals surface area contributed by atoms with E-state index in [2.05, 4.69) is 34.8 Å². The third-order valence-corrected chi connectivity index (χ3v) is 3.18. The Morgan fingerprint density at radius 1 is 1.20 bits per heavy atom. The molecular weight excluding hydrogens is 268 g/mol. The molecule has 0 aliphatic carbocycles. The highest BCUT2D eigenvalue weighted by atomic mass is 32.1. The predicted molar refractivity (Wildman–Crippen MR) is 87.0 cm³/mol. The third-order valence-electron chi connectivity index (χ3n) is 2.93. The summed E-state index contributed by atoms with van der Waals surface area (Å²) in [6.07, 6.45) is 2.98. The van der Waals surface area contributed by atoms with Crippen molar-refractivity contribution in [3.05, 3.63) is 47.8 Å². The molecule has 1 heterocycles. The Labute approximate surface area is 125 Å².